The lowest BCUT2D eigenvalue weighted by molar-refractivity contribution is 0.613. The minimum atomic E-state index is 0.0789. The van der Waals surface area contributed by atoms with Gasteiger partial charge in [-0.3, -0.25) is 0 Å². The Balaban J connectivity index is 2.15. The van der Waals surface area contributed by atoms with Gasteiger partial charge in [0.25, 0.3) is 0 Å². The number of aromatic nitrogens is 2. The van der Waals surface area contributed by atoms with Gasteiger partial charge in [0.05, 0.1) is 24.3 Å². The molecule has 1 aromatic carbocycles. The Morgan fingerprint density at radius 1 is 1.37 bits per heavy atom. The van der Waals surface area contributed by atoms with Crippen molar-refractivity contribution in [3.63, 3.8) is 0 Å². The second kappa shape index (κ2) is 6.73. The lowest BCUT2D eigenvalue weighted by Crippen LogP contribution is -2.23. The van der Waals surface area contributed by atoms with Crippen molar-refractivity contribution in [3.8, 4) is 0 Å². The summed E-state index contributed by atoms with van der Waals surface area (Å²) in [6.45, 7) is 3.66. The Labute approximate surface area is 122 Å². The van der Waals surface area contributed by atoms with Gasteiger partial charge in [0.2, 0.25) is 0 Å². The molecule has 0 radical (unpaired) electrons. The first-order valence-corrected chi connectivity index (χ1v) is 7.26. The van der Waals surface area contributed by atoms with Crippen molar-refractivity contribution in [2.75, 3.05) is 11.9 Å². The largest absolute Gasteiger partial charge is 0.375 e. The van der Waals surface area contributed by atoms with E-state index in [1.54, 1.807) is 0 Å². The van der Waals surface area contributed by atoms with Crippen LogP contribution in [0.5, 0.6) is 0 Å². The van der Waals surface area contributed by atoms with Crippen molar-refractivity contribution in [2.24, 2.45) is 5.73 Å². The van der Waals surface area contributed by atoms with E-state index in [0.29, 0.717) is 6.54 Å². The van der Waals surface area contributed by atoms with Crippen molar-refractivity contribution < 1.29 is 0 Å². The molecule has 0 aliphatic carbocycles. The molecule has 0 amide bonds. The smallest absolute Gasteiger partial charge is 0.0948 e. The van der Waals surface area contributed by atoms with E-state index in [-0.39, 0.29) is 6.04 Å². The molecule has 1 atom stereocenters. The minimum absolute atomic E-state index is 0.0789. The van der Waals surface area contributed by atoms with E-state index in [9.17, 15) is 0 Å². The van der Waals surface area contributed by atoms with Crippen LogP contribution in [0.3, 0.4) is 0 Å². The van der Waals surface area contributed by atoms with Crippen LogP contribution in [0, 0.1) is 0 Å². The van der Waals surface area contributed by atoms with Gasteiger partial charge in [0.15, 0.2) is 0 Å². The van der Waals surface area contributed by atoms with E-state index >= 15 is 0 Å². The zero-order valence-electron chi connectivity index (χ0n) is 11.0. The molecule has 0 fully saturated rings. The summed E-state index contributed by atoms with van der Waals surface area (Å²) in [6, 6.07) is 8.18. The number of nitrogens with two attached hydrogens (primary N) is 1. The normalized spacial score (nSPS) is 12.4. The van der Waals surface area contributed by atoms with Crippen molar-refractivity contribution in [1.82, 2.24) is 9.55 Å². The zero-order chi connectivity index (χ0) is 13.7. The summed E-state index contributed by atoms with van der Waals surface area (Å²) < 4.78 is 3.22. The predicted molar refractivity (Wildman–Crippen MR) is 82.1 cm³/mol. The van der Waals surface area contributed by atoms with Gasteiger partial charge in [0, 0.05) is 23.2 Å². The number of hydrogen-bond acceptors (Lipinski definition) is 3. The van der Waals surface area contributed by atoms with E-state index in [4.69, 9.17) is 5.73 Å². The minimum Gasteiger partial charge on any atom is -0.375 e. The number of aryl methyl sites for hydroxylation is 1. The highest BCUT2D eigenvalue weighted by atomic mass is 79.9. The summed E-state index contributed by atoms with van der Waals surface area (Å²) in [5, 5.41) is 3.45. The number of imidazole rings is 1. The Kier molecular flexibility index (Phi) is 4.99. The van der Waals surface area contributed by atoms with Crippen LogP contribution in [0.4, 0.5) is 5.69 Å². The van der Waals surface area contributed by atoms with Crippen molar-refractivity contribution >= 4 is 21.6 Å². The Morgan fingerprint density at radius 2 is 2.11 bits per heavy atom. The molecule has 1 aromatic heterocycles. The highest BCUT2D eigenvalue weighted by Gasteiger charge is 2.14. The highest BCUT2D eigenvalue weighted by Crippen LogP contribution is 2.20. The van der Waals surface area contributed by atoms with Gasteiger partial charge in [-0.2, -0.15) is 0 Å². The van der Waals surface area contributed by atoms with Gasteiger partial charge in [-0.15, -0.1) is 0 Å². The third-order valence-corrected chi connectivity index (χ3v) is 3.52. The van der Waals surface area contributed by atoms with Gasteiger partial charge in [-0.25, -0.2) is 4.98 Å². The standard InChI is InChI=1S/C14H19BrN4/c1-2-7-19-10-17-9-14(19)13(8-16)18-12-5-3-11(15)4-6-12/h3-6,9-10,13,18H,2,7-8,16H2,1H3. The average Bonchev–Trinajstić information content (AvgIpc) is 2.87. The lowest BCUT2D eigenvalue weighted by atomic mass is 10.2. The number of rotatable bonds is 6. The molecule has 1 unspecified atom stereocenters. The summed E-state index contributed by atoms with van der Waals surface area (Å²) in [7, 11) is 0. The van der Waals surface area contributed by atoms with Gasteiger partial charge >= 0.3 is 0 Å². The van der Waals surface area contributed by atoms with Crippen LogP contribution in [-0.2, 0) is 6.54 Å². The molecule has 19 heavy (non-hydrogen) atoms. The van der Waals surface area contributed by atoms with Crippen molar-refractivity contribution in [1.29, 1.82) is 0 Å². The molecular formula is C14H19BrN4. The molecule has 0 aliphatic rings. The van der Waals surface area contributed by atoms with Crippen LogP contribution in [0.1, 0.15) is 25.1 Å². The second-order valence-corrected chi connectivity index (χ2v) is 5.37. The molecule has 0 saturated heterocycles. The summed E-state index contributed by atoms with van der Waals surface area (Å²) in [4.78, 5) is 4.23. The maximum Gasteiger partial charge on any atom is 0.0948 e. The van der Waals surface area contributed by atoms with Gasteiger partial charge < -0.3 is 15.6 Å². The van der Waals surface area contributed by atoms with Gasteiger partial charge in [-0.1, -0.05) is 22.9 Å². The number of hydrogen-bond donors (Lipinski definition) is 2. The summed E-state index contributed by atoms with van der Waals surface area (Å²) in [6.07, 6.45) is 4.84. The topological polar surface area (TPSA) is 55.9 Å². The SMILES string of the molecule is CCCn1cncc1C(CN)Nc1ccc(Br)cc1. The fourth-order valence-electron chi connectivity index (χ4n) is 2.05. The fraction of sp³-hybridized carbons (Fsp3) is 0.357. The summed E-state index contributed by atoms with van der Waals surface area (Å²) >= 11 is 3.43. The van der Waals surface area contributed by atoms with E-state index in [1.807, 2.05) is 36.8 Å². The van der Waals surface area contributed by atoms with Crippen LogP contribution in [-0.4, -0.2) is 16.1 Å². The third-order valence-electron chi connectivity index (χ3n) is 2.99. The zero-order valence-corrected chi connectivity index (χ0v) is 12.6. The monoisotopic (exact) mass is 322 g/mol. The number of anilines is 1. The summed E-state index contributed by atoms with van der Waals surface area (Å²) in [5.74, 6) is 0. The van der Waals surface area contributed by atoms with E-state index in [1.165, 1.54) is 0 Å². The molecule has 1 heterocycles. The van der Waals surface area contributed by atoms with E-state index in [0.717, 1.165) is 28.8 Å². The molecular weight excluding hydrogens is 304 g/mol. The Hall–Kier alpha value is -1.33. The van der Waals surface area contributed by atoms with Crippen LogP contribution in [0.2, 0.25) is 0 Å². The molecule has 4 nitrogen and oxygen atoms in total. The number of nitrogens with one attached hydrogen (secondary N) is 1. The average molecular weight is 323 g/mol. The first kappa shape index (κ1) is 14.1. The maximum absolute atomic E-state index is 5.89. The number of halogens is 1. The third kappa shape index (κ3) is 3.58. The molecule has 102 valence electrons. The maximum atomic E-state index is 5.89. The van der Waals surface area contributed by atoms with Crippen LogP contribution < -0.4 is 11.1 Å². The first-order chi connectivity index (χ1) is 9.24. The van der Waals surface area contributed by atoms with E-state index in [2.05, 4.69) is 37.7 Å². The molecule has 0 saturated carbocycles. The first-order valence-electron chi connectivity index (χ1n) is 6.46. The van der Waals surface area contributed by atoms with Crippen molar-refractivity contribution in [2.45, 2.75) is 25.9 Å². The molecule has 0 aliphatic heterocycles. The Morgan fingerprint density at radius 3 is 2.74 bits per heavy atom. The Bertz CT molecular complexity index is 506. The second-order valence-electron chi connectivity index (χ2n) is 4.45. The lowest BCUT2D eigenvalue weighted by Gasteiger charge is -2.19. The molecule has 0 spiro atoms. The molecule has 2 aromatic rings. The quantitative estimate of drug-likeness (QED) is 0.858. The van der Waals surface area contributed by atoms with Crippen molar-refractivity contribution in [3.05, 3.63) is 47.0 Å². The summed E-state index contributed by atoms with van der Waals surface area (Å²) in [5.41, 5.74) is 8.08. The van der Waals surface area contributed by atoms with Crippen LogP contribution in [0.25, 0.3) is 0 Å². The number of benzene rings is 1. The fourth-order valence-corrected chi connectivity index (χ4v) is 2.31. The molecule has 2 rings (SSSR count). The highest BCUT2D eigenvalue weighted by molar-refractivity contribution is 9.10. The molecule has 0 bridgehead atoms. The van der Waals surface area contributed by atoms with Crippen LogP contribution >= 0.6 is 15.9 Å². The van der Waals surface area contributed by atoms with Crippen LogP contribution in [0.15, 0.2) is 41.3 Å². The van der Waals surface area contributed by atoms with E-state index < -0.39 is 0 Å². The predicted octanol–water partition coefficient (Wildman–Crippen LogP) is 3.17. The van der Waals surface area contributed by atoms with Gasteiger partial charge in [-0.05, 0) is 30.7 Å². The molecule has 3 N–H and O–H groups in total. The number of nitrogens with zero attached hydrogens (tertiary/aromatic N) is 2. The van der Waals surface area contributed by atoms with Gasteiger partial charge in [0.1, 0.15) is 0 Å². The molecule has 5 heteroatoms.